The van der Waals surface area contributed by atoms with E-state index in [0.29, 0.717) is 5.56 Å². The SMILES string of the molecule is COc1ccccc1[C@@H](C)NC(C)c1ccccc1F. The third-order valence-electron chi connectivity index (χ3n) is 3.48. The fourth-order valence-corrected chi connectivity index (χ4v) is 2.40. The first-order valence-corrected chi connectivity index (χ1v) is 6.77. The summed E-state index contributed by atoms with van der Waals surface area (Å²) in [6, 6.07) is 14.7. The van der Waals surface area contributed by atoms with Gasteiger partial charge in [0.25, 0.3) is 0 Å². The van der Waals surface area contributed by atoms with Crippen molar-refractivity contribution >= 4 is 0 Å². The van der Waals surface area contributed by atoms with Gasteiger partial charge in [-0.15, -0.1) is 0 Å². The van der Waals surface area contributed by atoms with Crippen molar-refractivity contribution in [3.05, 3.63) is 65.5 Å². The topological polar surface area (TPSA) is 21.3 Å². The predicted molar refractivity (Wildman–Crippen MR) is 79.4 cm³/mol. The minimum Gasteiger partial charge on any atom is -0.496 e. The first kappa shape index (κ1) is 14.5. The lowest BCUT2D eigenvalue weighted by atomic mass is 10.0. The third-order valence-corrected chi connectivity index (χ3v) is 3.48. The van der Waals surface area contributed by atoms with Crippen LogP contribution in [-0.4, -0.2) is 7.11 Å². The molecule has 0 amide bonds. The molecule has 2 aromatic carbocycles. The number of methoxy groups -OCH3 is 1. The summed E-state index contributed by atoms with van der Waals surface area (Å²) in [5, 5.41) is 3.41. The monoisotopic (exact) mass is 273 g/mol. The number of ether oxygens (including phenoxy) is 1. The summed E-state index contributed by atoms with van der Waals surface area (Å²) < 4.78 is 19.1. The minimum atomic E-state index is -0.181. The Kier molecular flexibility index (Phi) is 4.74. The molecule has 0 aliphatic heterocycles. The van der Waals surface area contributed by atoms with Crippen molar-refractivity contribution in [3.8, 4) is 5.75 Å². The largest absolute Gasteiger partial charge is 0.496 e. The lowest BCUT2D eigenvalue weighted by Gasteiger charge is -2.22. The lowest BCUT2D eigenvalue weighted by molar-refractivity contribution is 0.395. The molecule has 2 atom stereocenters. The van der Waals surface area contributed by atoms with Crippen molar-refractivity contribution in [1.82, 2.24) is 5.32 Å². The zero-order valence-corrected chi connectivity index (χ0v) is 12.1. The highest BCUT2D eigenvalue weighted by Crippen LogP contribution is 2.27. The van der Waals surface area contributed by atoms with Crippen LogP contribution in [0.1, 0.15) is 37.1 Å². The van der Waals surface area contributed by atoms with Crippen molar-refractivity contribution < 1.29 is 9.13 Å². The highest BCUT2D eigenvalue weighted by atomic mass is 19.1. The molecule has 2 nitrogen and oxygen atoms in total. The van der Waals surface area contributed by atoms with E-state index in [1.54, 1.807) is 13.2 Å². The number of hydrogen-bond acceptors (Lipinski definition) is 2. The van der Waals surface area contributed by atoms with E-state index in [9.17, 15) is 4.39 Å². The Morgan fingerprint density at radius 1 is 0.900 bits per heavy atom. The summed E-state index contributed by atoms with van der Waals surface area (Å²) in [4.78, 5) is 0. The Morgan fingerprint density at radius 2 is 1.45 bits per heavy atom. The number of para-hydroxylation sites is 1. The van der Waals surface area contributed by atoms with Crippen LogP contribution in [0.5, 0.6) is 5.75 Å². The standard InChI is InChI=1S/C17H20FNO/c1-12(14-8-4-6-10-16(14)18)19-13(2)15-9-5-7-11-17(15)20-3/h4-13,19H,1-3H3/t12?,13-/m1/s1. The van der Waals surface area contributed by atoms with E-state index in [-0.39, 0.29) is 17.9 Å². The van der Waals surface area contributed by atoms with Gasteiger partial charge in [0.15, 0.2) is 0 Å². The molecule has 20 heavy (non-hydrogen) atoms. The van der Waals surface area contributed by atoms with Gasteiger partial charge in [0.2, 0.25) is 0 Å². The first-order chi connectivity index (χ1) is 9.63. The van der Waals surface area contributed by atoms with Gasteiger partial charge in [0.05, 0.1) is 7.11 Å². The molecule has 0 aliphatic rings. The fourth-order valence-electron chi connectivity index (χ4n) is 2.40. The maximum absolute atomic E-state index is 13.8. The smallest absolute Gasteiger partial charge is 0.127 e. The highest BCUT2D eigenvalue weighted by molar-refractivity contribution is 5.35. The second-order valence-corrected chi connectivity index (χ2v) is 4.87. The van der Waals surface area contributed by atoms with Crippen LogP contribution in [0.2, 0.25) is 0 Å². The molecule has 0 aromatic heterocycles. The average Bonchev–Trinajstić information content (AvgIpc) is 2.47. The van der Waals surface area contributed by atoms with E-state index in [1.165, 1.54) is 6.07 Å². The molecule has 0 heterocycles. The van der Waals surface area contributed by atoms with Crippen LogP contribution in [-0.2, 0) is 0 Å². The molecule has 2 aromatic rings. The van der Waals surface area contributed by atoms with Gasteiger partial charge in [0, 0.05) is 23.2 Å². The molecule has 106 valence electrons. The molecular formula is C17H20FNO. The molecule has 0 bridgehead atoms. The molecule has 0 saturated carbocycles. The third kappa shape index (κ3) is 3.17. The van der Waals surface area contributed by atoms with E-state index in [2.05, 4.69) is 12.2 Å². The molecule has 0 spiro atoms. The average molecular weight is 273 g/mol. The van der Waals surface area contributed by atoms with E-state index in [0.717, 1.165) is 11.3 Å². The molecular weight excluding hydrogens is 253 g/mol. The summed E-state index contributed by atoms with van der Waals surface area (Å²) in [5.41, 5.74) is 1.74. The Hall–Kier alpha value is -1.87. The normalized spacial score (nSPS) is 13.8. The summed E-state index contributed by atoms with van der Waals surface area (Å²) in [6.45, 7) is 4.01. The van der Waals surface area contributed by atoms with Crippen LogP contribution in [0.25, 0.3) is 0 Å². The number of nitrogens with one attached hydrogen (secondary N) is 1. The van der Waals surface area contributed by atoms with Crippen molar-refractivity contribution in [2.24, 2.45) is 0 Å². The second kappa shape index (κ2) is 6.53. The van der Waals surface area contributed by atoms with Crippen LogP contribution in [0.4, 0.5) is 4.39 Å². The molecule has 0 fully saturated rings. The Bertz CT molecular complexity index is 570. The van der Waals surface area contributed by atoms with Crippen LogP contribution in [0, 0.1) is 5.82 Å². The maximum Gasteiger partial charge on any atom is 0.127 e. The van der Waals surface area contributed by atoms with Gasteiger partial charge >= 0.3 is 0 Å². The Balaban J connectivity index is 2.15. The summed E-state index contributed by atoms with van der Waals surface area (Å²) in [6.07, 6.45) is 0. The summed E-state index contributed by atoms with van der Waals surface area (Å²) in [5.74, 6) is 0.660. The van der Waals surface area contributed by atoms with E-state index >= 15 is 0 Å². The maximum atomic E-state index is 13.8. The zero-order valence-electron chi connectivity index (χ0n) is 12.1. The van der Waals surface area contributed by atoms with Gasteiger partial charge < -0.3 is 10.1 Å². The number of halogens is 1. The van der Waals surface area contributed by atoms with Crippen molar-refractivity contribution in [2.75, 3.05) is 7.11 Å². The van der Waals surface area contributed by atoms with Crippen molar-refractivity contribution in [2.45, 2.75) is 25.9 Å². The minimum absolute atomic E-state index is 0.0701. The Labute approximate surface area is 119 Å². The number of rotatable bonds is 5. The molecule has 1 unspecified atom stereocenters. The molecule has 2 rings (SSSR count). The van der Waals surface area contributed by atoms with Crippen LogP contribution >= 0.6 is 0 Å². The molecule has 0 radical (unpaired) electrons. The molecule has 1 N–H and O–H groups in total. The van der Waals surface area contributed by atoms with Gasteiger partial charge in [-0.1, -0.05) is 36.4 Å². The molecule has 0 saturated heterocycles. The fraction of sp³-hybridized carbons (Fsp3) is 0.294. The van der Waals surface area contributed by atoms with Crippen molar-refractivity contribution in [1.29, 1.82) is 0 Å². The second-order valence-electron chi connectivity index (χ2n) is 4.87. The van der Waals surface area contributed by atoms with Gasteiger partial charge in [-0.2, -0.15) is 0 Å². The van der Waals surface area contributed by atoms with Gasteiger partial charge in [-0.3, -0.25) is 0 Å². The predicted octanol–water partition coefficient (Wildman–Crippen LogP) is 4.25. The molecule has 0 aliphatic carbocycles. The van der Waals surface area contributed by atoms with E-state index < -0.39 is 0 Å². The zero-order chi connectivity index (χ0) is 14.5. The van der Waals surface area contributed by atoms with E-state index in [4.69, 9.17) is 4.74 Å². The van der Waals surface area contributed by atoms with Crippen LogP contribution < -0.4 is 10.1 Å². The van der Waals surface area contributed by atoms with Crippen LogP contribution in [0.3, 0.4) is 0 Å². The number of benzene rings is 2. The van der Waals surface area contributed by atoms with E-state index in [1.807, 2.05) is 43.3 Å². The summed E-state index contributed by atoms with van der Waals surface area (Å²) >= 11 is 0. The lowest BCUT2D eigenvalue weighted by Crippen LogP contribution is -2.23. The Morgan fingerprint density at radius 3 is 2.10 bits per heavy atom. The van der Waals surface area contributed by atoms with Gasteiger partial charge in [-0.05, 0) is 26.0 Å². The quantitative estimate of drug-likeness (QED) is 0.879. The number of hydrogen-bond donors (Lipinski definition) is 1. The van der Waals surface area contributed by atoms with Gasteiger partial charge in [-0.25, -0.2) is 4.39 Å². The van der Waals surface area contributed by atoms with Gasteiger partial charge in [0.1, 0.15) is 11.6 Å². The van der Waals surface area contributed by atoms with Crippen LogP contribution in [0.15, 0.2) is 48.5 Å². The summed E-state index contributed by atoms with van der Waals surface area (Å²) in [7, 11) is 1.66. The highest BCUT2D eigenvalue weighted by Gasteiger charge is 2.16. The van der Waals surface area contributed by atoms with Crippen molar-refractivity contribution in [3.63, 3.8) is 0 Å². The molecule has 3 heteroatoms. The first-order valence-electron chi connectivity index (χ1n) is 6.77.